The molecule has 0 aliphatic carbocycles. The second-order valence-corrected chi connectivity index (χ2v) is 10.3. The minimum Gasteiger partial charge on any atom is -0.369 e. The predicted octanol–water partition coefficient (Wildman–Crippen LogP) is 4.57. The van der Waals surface area contributed by atoms with Gasteiger partial charge in [0.25, 0.3) is 5.91 Å². The molecule has 4 aromatic rings. The molecule has 0 aliphatic heterocycles. The van der Waals surface area contributed by atoms with Crippen molar-refractivity contribution in [2.75, 3.05) is 29.0 Å². The Hall–Kier alpha value is -3.60. The molecule has 11 nitrogen and oxygen atoms in total. The Bertz CT molecular complexity index is 1410. The van der Waals surface area contributed by atoms with Gasteiger partial charge in [-0.05, 0) is 13.0 Å². The van der Waals surface area contributed by atoms with Crippen LogP contribution in [-0.4, -0.2) is 49.0 Å². The van der Waals surface area contributed by atoms with Crippen LogP contribution in [0.1, 0.15) is 45.1 Å². The second-order valence-electron chi connectivity index (χ2n) is 7.87. The number of hydrogen-bond acceptors (Lipinski definition) is 12. The van der Waals surface area contributed by atoms with Crippen LogP contribution in [0.5, 0.6) is 0 Å². The minimum atomic E-state index is -4.67. The van der Waals surface area contributed by atoms with Crippen LogP contribution in [0.3, 0.4) is 0 Å². The van der Waals surface area contributed by atoms with Crippen molar-refractivity contribution in [2.24, 2.45) is 0 Å². The van der Waals surface area contributed by atoms with Gasteiger partial charge in [-0.1, -0.05) is 11.6 Å². The van der Waals surface area contributed by atoms with Crippen LogP contribution in [0.25, 0.3) is 0 Å². The Morgan fingerprint density at radius 1 is 1.08 bits per heavy atom. The zero-order chi connectivity index (χ0) is 28.0. The van der Waals surface area contributed by atoms with Crippen molar-refractivity contribution in [1.82, 2.24) is 30.2 Å². The van der Waals surface area contributed by atoms with Gasteiger partial charge in [0, 0.05) is 43.1 Å². The zero-order valence-corrected chi connectivity index (χ0v) is 22.4. The third kappa shape index (κ3) is 7.72. The topological polar surface area (TPSA) is 150 Å². The fourth-order valence-corrected chi connectivity index (χ4v) is 4.78. The molecule has 2 atom stereocenters. The zero-order valence-electron chi connectivity index (χ0n) is 20.0. The van der Waals surface area contributed by atoms with E-state index in [9.17, 15) is 23.1 Å². The van der Waals surface area contributed by atoms with Crippen LogP contribution in [0.2, 0.25) is 5.02 Å². The molecule has 5 N–H and O–H groups in total. The number of aromatic nitrogens is 5. The van der Waals surface area contributed by atoms with E-state index in [0.29, 0.717) is 34.9 Å². The number of carbonyl (C=O) groups is 1. The number of amides is 1. The number of halogens is 4. The Morgan fingerprint density at radius 2 is 1.87 bits per heavy atom. The number of thiazole rings is 2. The first-order valence-corrected chi connectivity index (χ1v) is 13.3. The molecular weight excluding hydrogens is 579 g/mol. The summed E-state index contributed by atoms with van der Waals surface area (Å²) in [6.07, 6.45) is -0.886. The number of alkyl halides is 3. The molecule has 0 bridgehead atoms. The van der Waals surface area contributed by atoms with E-state index in [4.69, 9.17) is 11.6 Å². The highest BCUT2D eigenvalue weighted by Gasteiger charge is 2.34. The van der Waals surface area contributed by atoms with E-state index in [1.165, 1.54) is 29.9 Å². The summed E-state index contributed by atoms with van der Waals surface area (Å²) in [5.74, 6) is -0.212. The number of aliphatic hydroxyl groups excluding tert-OH is 1. The summed E-state index contributed by atoms with van der Waals surface area (Å²) in [4.78, 5) is 33.3. The van der Waals surface area contributed by atoms with E-state index in [2.05, 4.69) is 46.2 Å². The highest BCUT2D eigenvalue weighted by atomic mass is 35.5. The Labute approximate surface area is 232 Å². The minimum absolute atomic E-state index is 0.139. The fourth-order valence-electron chi connectivity index (χ4n) is 3.15. The molecule has 2 unspecified atom stereocenters. The van der Waals surface area contributed by atoms with Crippen molar-refractivity contribution in [3.63, 3.8) is 0 Å². The number of rotatable bonds is 11. The number of pyridine rings is 1. The Morgan fingerprint density at radius 3 is 2.62 bits per heavy atom. The van der Waals surface area contributed by atoms with Crippen molar-refractivity contribution < 1.29 is 23.1 Å². The van der Waals surface area contributed by atoms with E-state index < -0.39 is 34.9 Å². The van der Waals surface area contributed by atoms with Gasteiger partial charge >= 0.3 is 6.18 Å². The van der Waals surface area contributed by atoms with Crippen molar-refractivity contribution in [3.05, 3.63) is 68.6 Å². The summed E-state index contributed by atoms with van der Waals surface area (Å²) in [6.45, 7) is 2.83. The van der Waals surface area contributed by atoms with Gasteiger partial charge in [0.2, 0.25) is 0 Å². The van der Waals surface area contributed by atoms with Gasteiger partial charge in [0.15, 0.2) is 11.4 Å². The molecule has 0 spiro atoms. The lowest BCUT2D eigenvalue weighted by molar-refractivity contribution is -0.137. The standard InChI is InChI=1S/C22H21ClF3N9O2S2/c1-11(34-18(36)14-7-16(33-10-32-14)27-2-3-28-21-29-4-5-38-21)20-31-9-15(39-20)19(37)35-17-6-12(22(24,25)26)13(23)8-30-17/h4-11,19,37H,2-3H2,1H3,(H,28,29)(H,30,35)(H,34,36)(H,27,32,33). The third-order valence-corrected chi connectivity index (χ3v) is 7.28. The van der Waals surface area contributed by atoms with Crippen LogP contribution in [0, 0.1) is 0 Å². The lowest BCUT2D eigenvalue weighted by Crippen LogP contribution is -2.27. The summed E-state index contributed by atoms with van der Waals surface area (Å²) in [7, 11) is 0. The first-order chi connectivity index (χ1) is 18.6. The smallest absolute Gasteiger partial charge is 0.369 e. The second kappa shape index (κ2) is 12.5. The number of anilines is 3. The average Bonchev–Trinajstić information content (AvgIpc) is 3.60. The van der Waals surface area contributed by atoms with E-state index in [0.717, 1.165) is 22.7 Å². The fraction of sp³-hybridized carbons (Fsp3) is 0.273. The number of nitrogens with one attached hydrogen (secondary N) is 4. The number of carbonyl (C=O) groups excluding carboxylic acids is 1. The average molecular weight is 600 g/mol. The molecule has 0 saturated carbocycles. The van der Waals surface area contributed by atoms with Crippen molar-refractivity contribution in [1.29, 1.82) is 0 Å². The first kappa shape index (κ1) is 28.4. The Balaban J connectivity index is 1.31. The normalized spacial score (nSPS) is 13.0. The quantitative estimate of drug-likeness (QED) is 0.122. The molecule has 0 aliphatic rings. The van der Waals surface area contributed by atoms with Gasteiger partial charge in [-0.25, -0.2) is 24.9 Å². The van der Waals surface area contributed by atoms with Crippen molar-refractivity contribution in [3.8, 4) is 0 Å². The van der Waals surface area contributed by atoms with Crippen LogP contribution in [0.4, 0.5) is 29.9 Å². The molecule has 4 aromatic heterocycles. The largest absolute Gasteiger partial charge is 0.418 e. The maximum absolute atomic E-state index is 13.1. The summed E-state index contributed by atoms with van der Waals surface area (Å²) in [5, 5.41) is 24.5. The molecule has 0 aromatic carbocycles. The molecule has 206 valence electrons. The van der Waals surface area contributed by atoms with E-state index in [1.54, 1.807) is 13.1 Å². The van der Waals surface area contributed by atoms with Crippen molar-refractivity contribution in [2.45, 2.75) is 25.4 Å². The SMILES string of the molecule is CC(NC(=O)c1cc(NCCNc2nccs2)ncn1)c1ncc(C(O)Nc2cc(C(F)(F)F)c(Cl)cn2)s1. The maximum atomic E-state index is 13.1. The van der Waals surface area contributed by atoms with Crippen LogP contribution >= 0.6 is 34.3 Å². The van der Waals surface area contributed by atoms with Gasteiger partial charge in [0.1, 0.15) is 28.7 Å². The van der Waals surface area contributed by atoms with Crippen molar-refractivity contribution >= 4 is 56.9 Å². The molecule has 1 amide bonds. The van der Waals surface area contributed by atoms with Gasteiger partial charge in [0.05, 0.1) is 21.5 Å². The lowest BCUT2D eigenvalue weighted by atomic mass is 10.2. The van der Waals surface area contributed by atoms with Gasteiger partial charge < -0.3 is 26.4 Å². The molecule has 39 heavy (non-hydrogen) atoms. The third-order valence-electron chi connectivity index (χ3n) is 5.01. The summed E-state index contributed by atoms with van der Waals surface area (Å²) < 4.78 is 39.3. The first-order valence-electron chi connectivity index (χ1n) is 11.2. The predicted molar refractivity (Wildman–Crippen MR) is 142 cm³/mol. The summed E-state index contributed by atoms with van der Waals surface area (Å²) in [5.41, 5.74) is -0.939. The molecule has 0 radical (unpaired) electrons. The molecule has 0 fully saturated rings. The van der Waals surface area contributed by atoms with E-state index >= 15 is 0 Å². The highest BCUT2D eigenvalue weighted by molar-refractivity contribution is 7.13. The van der Waals surface area contributed by atoms with Crippen LogP contribution < -0.4 is 21.3 Å². The van der Waals surface area contributed by atoms with Crippen LogP contribution in [-0.2, 0) is 6.18 Å². The summed E-state index contributed by atoms with van der Waals surface area (Å²) in [6, 6.07) is 1.67. The monoisotopic (exact) mass is 599 g/mol. The molecule has 4 heterocycles. The van der Waals surface area contributed by atoms with Gasteiger partial charge in [-0.15, -0.1) is 22.7 Å². The molecule has 17 heteroatoms. The van der Waals surface area contributed by atoms with Gasteiger partial charge in [-0.2, -0.15) is 13.2 Å². The number of hydrogen-bond donors (Lipinski definition) is 5. The number of aliphatic hydroxyl groups is 1. The Kier molecular flexibility index (Phi) is 9.11. The van der Waals surface area contributed by atoms with E-state index in [1.807, 2.05) is 5.38 Å². The molecule has 0 saturated heterocycles. The van der Waals surface area contributed by atoms with Gasteiger partial charge in [-0.3, -0.25) is 4.79 Å². The molecular formula is C22H21ClF3N9O2S2. The lowest BCUT2D eigenvalue weighted by Gasteiger charge is -2.14. The molecule has 4 rings (SSSR count). The maximum Gasteiger partial charge on any atom is 0.418 e. The highest BCUT2D eigenvalue weighted by Crippen LogP contribution is 2.36. The van der Waals surface area contributed by atoms with Crippen LogP contribution in [0.15, 0.2) is 42.4 Å². The van der Waals surface area contributed by atoms with E-state index in [-0.39, 0.29) is 11.5 Å². The number of nitrogens with zero attached hydrogens (tertiary/aromatic N) is 5. The summed E-state index contributed by atoms with van der Waals surface area (Å²) >= 11 is 8.13.